The molecule has 1 saturated heterocycles. The van der Waals surface area contributed by atoms with Crippen LogP contribution in [0.25, 0.3) is 11.1 Å². The van der Waals surface area contributed by atoms with E-state index in [1.54, 1.807) is 0 Å². The van der Waals surface area contributed by atoms with Crippen LogP contribution in [-0.2, 0) is 14.8 Å². The van der Waals surface area contributed by atoms with Gasteiger partial charge in [0.2, 0.25) is 5.91 Å². The number of methoxy groups -OCH3 is 1. The normalized spacial score (nSPS) is 25.1. The molecule has 0 spiro atoms. The van der Waals surface area contributed by atoms with E-state index in [0.717, 1.165) is 6.07 Å². The number of amides is 2. The van der Waals surface area contributed by atoms with Gasteiger partial charge < -0.3 is 20.5 Å². The van der Waals surface area contributed by atoms with E-state index in [-0.39, 0.29) is 53.7 Å². The smallest absolute Gasteiger partial charge is 0.496 e. The number of sulfonamides is 1. The number of carboxylic acid groups (broad SMARTS) is 1. The van der Waals surface area contributed by atoms with E-state index >= 15 is 4.39 Å². The fourth-order valence-corrected chi connectivity index (χ4v) is 7.28. The lowest BCUT2D eigenvalue weighted by molar-refractivity contribution is -0.127. The second-order valence-electron chi connectivity index (χ2n) is 11.0. The molecule has 2 fully saturated rings. The summed E-state index contributed by atoms with van der Waals surface area (Å²) >= 11 is 0. The molecule has 2 bridgehead atoms. The van der Waals surface area contributed by atoms with E-state index in [0.29, 0.717) is 16.3 Å². The zero-order chi connectivity index (χ0) is 32.0. The molecule has 1 aliphatic heterocycles. The first kappa shape index (κ1) is 31.4. The lowest BCUT2D eigenvalue weighted by atomic mass is 9.87. The molecule has 3 N–H and O–H groups in total. The number of hydrogen-bond donors (Lipinski definition) is 3. The minimum Gasteiger partial charge on any atom is -0.496 e. The number of fused-ring (bicyclic) bond motifs is 2. The van der Waals surface area contributed by atoms with Gasteiger partial charge in [-0.1, -0.05) is 24.3 Å². The first-order valence-electron chi connectivity index (χ1n) is 13.8. The van der Waals surface area contributed by atoms with Gasteiger partial charge in [-0.15, -0.1) is 0 Å². The minimum atomic E-state index is -5.54. The summed E-state index contributed by atoms with van der Waals surface area (Å²) in [5, 5.41) is 14.7. The molecular weight excluding hydrogens is 610 g/mol. The number of nitrogens with one attached hydrogen (secondary N) is 2. The maximum absolute atomic E-state index is 15.0. The third kappa shape index (κ3) is 5.89. The highest BCUT2D eigenvalue weighted by Crippen LogP contribution is 2.44. The predicted octanol–water partition coefficient (Wildman–Crippen LogP) is 3.55. The largest absolute Gasteiger partial charge is 0.511 e. The van der Waals surface area contributed by atoms with Gasteiger partial charge in [0.1, 0.15) is 11.6 Å². The number of ether oxygens (including phenoxy) is 1. The van der Waals surface area contributed by atoms with Gasteiger partial charge in [-0.2, -0.15) is 17.5 Å². The maximum Gasteiger partial charge on any atom is 0.511 e. The molecule has 236 valence electrons. The Morgan fingerprint density at radius 3 is 2.36 bits per heavy atom. The topological polar surface area (TPSA) is 142 Å². The van der Waals surface area contributed by atoms with Crippen molar-refractivity contribution in [1.82, 2.24) is 14.9 Å². The quantitative estimate of drug-likeness (QED) is 0.296. The molecule has 1 saturated carbocycles. The van der Waals surface area contributed by atoms with Crippen molar-refractivity contribution in [1.29, 1.82) is 0 Å². The molecule has 44 heavy (non-hydrogen) atoms. The lowest BCUT2D eigenvalue weighted by Gasteiger charge is -2.34. The van der Waals surface area contributed by atoms with E-state index in [1.807, 2.05) is 12.2 Å². The molecule has 1 heterocycles. The van der Waals surface area contributed by atoms with Gasteiger partial charge in [-0.05, 0) is 54.9 Å². The Kier molecular flexibility index (Phi) is 8.46. The number of piperidine rings is 1. The zero-order valence-corrected chi connectivity index (χ0v) is 24.1. The number of benzene rings is 2. The minimum absolute atomic E-state index is 0.00259. The molecule has 0 aromatic heterocycles. The molecule has 2 amide bonds. The summed E-state index contributed by atoms with van der Waals surface area (Å²) in [5.74, 6) is -4.38. The fraction of sp³-hybridized carbons (Fsp3) is 0.414. The molecular formula is C29H29F4N3O7S. The van der Waals surface area contributed by atoms with Crippen molar-refractivity contribution in [2.75, 3.05) is 20.2 Å². The molecule has 2 aliphatic carbocycles. The van der Waals surface area contributed by atoms with E-state index in [4.69, 9.17) is 9.84 Å². The fourth-order valence-electron chi connectivity index (χ4n) is 6.24. The van der Waals surface area contributed by atoms with E-state index in [9.17, 15) is 36.0 Å². The highest BCUT2D eigenvalue weighted by molar-refractivity contribution is 7.90. The number of hydrogen-bond acceptors (Lipinski definition) is 6. The van der Waals surface area contributed by atoms with Crippen LogP contribution >= 0.6 is 0 Å². The number of rotatable bonds is 8. The number of alkyl halides is 3. The zero-order valence-electron chi connectivity index (χ0n) is 23.3. The second-order valence-corrected chi connectivity index (χ2v) is 13.0. The van der Waals surface area contributed by atoms with Crippen LogP contribution in [0.5, 0.6) is 5.75 Å². The number of allylic oxidation sites excluding steroid dienone is 1. The van der Waals surface area contributed by atoms with Gasteiger partial charge in [0, 0.05) is 36.8 Å². The Morgan fingerprint density at radius 2 is 1.73 bits per heavy atom. The van der Waals surface area contributed by atoms with Gasteiger partial charge in [-0.25, -0.2) is 17.6 Å². The van der Waals surface area contributed by atoms with Crippen LogP contribution in [0.2, 0.25) is 0 Å². The third-order valence-electron chi connectivity index (χ3n) is 8.40. The molecule has 15 heteroatoms. The Hall–Kier alpha value is -3.98. The van der Waals surface area contributed by atoms with Crippen LogP contribution < -0.4 is 15.4 Å². The Balaban J connectivity index is 1.34. The summed E-state index contributed by atoms with van der Waals surface area (Å²) in [6, 6.07) is 6.17. The van der Waals surface area contributed by atoms with Crippen molar-refractivity contribution in [3.63, 3.8) is 0 Å². The Labute approximate surface area is 250 Å². The van der Waals surface area contributed by atoms with Gasteiger partial charge in [0.25, 0.3) is 5.91 Å². The number of carboxylic acids is 1. The first-order valence-corrected chi connectivity index (χ1v) is 15.2. The van der Waals surface area contributed by atoms with Crippen molar-refractivity contribution in [3.05, 3.63) is 65.5 Å². The number of aromatic carboxylic acids is 1. The van der Waals surface area contributed by atoms with Crippen molar-refractivity contribution >= 4 is 27.8 Å². The maximum atomic E-state index is 15.0. The van der Waals surface area contributed by atoms with Gasteiger partial charge in [0.15, 0.2) is 0 Å². The van der Waals surface area contributed by atoms with Crippen LogP contribution in [0.15, 0.2) is 48.6 Å². The van der Waals surface area contributed by atoms with Crippen LogP contribution in [-0.4, -0.2) is 73.4 Å². The van der Waals surface area contributed by atoms with Crippen molar-refractivity contribution < 1.29 is 50.2 Å². The molecule has 2 aromatic carbocycles. The summed E-state index contributed by atoms with van der Waals surface area (Å²) in [4.78, 5) is 38.2. The molecule has 3 aliphatic rings. The summed E-state index contributed by atoms with van der Waals surface area (Å²) in [7, 11) is -4.28. The van der Waals surface area contributed by atoms with Crippen LogP contribution in [0.4, 0.5) is 17.6 Å². The molecule has 0 radical (unpaired) electrons. The van der Waals surface area contributed by atoms with Gasteiger partial charge >= 0.3 is 21.5 Å². The first-order chi connectivity index (χ1) is 20.7. The monoisotopic (exact) mass is 639 g/mol. The molecule has 10 nitrogen and oxygen atoms in total. The van der Waals surface area contributed by atoms with Gasteiger partial charge in [0.05, 0.1) is 24.2 Å². The van der Waals surface area contributed by atoms with Crippen molar-refractivity contribution in [2.45, 2.75) is 36.9 Å². The van der Waals surface area contributed by atoms with Crippen LogP contribution in [0, 0.1) is 23.6 Å². The number of carbonyl (C=O) groups is 3. The van der Waals surface area contributed by atoms with E-state index < -0.39 is 63.7 Å². The Morgan fingerprint density at radius 1 is 1.05 bits per heavy atom. The van der Waals surface area contributed by atoms with Crippen molar-refractivity contribution in [3.8, 4) is 16.9 Å². The number of carbonyl (C=O) groups excluding carboxylic acids is 2. The lowest BCUT2D eigenvalue weighted by Crippen LogP contribution is -2.55. The summed E-state index contributed by atoms with van der Waals surface area (Å²) in [6.45, 7) is -0.834. The van der Waals surface area contributed by atoms with Crippen molar-refractivity contribution in [2.24, 2.45) is 17.8 Å². The van der Waals surface area contributed by atoms with E-state index in [2.05, 4.69) is 10.6 Å². The van der Waals surface area contributed by atoms with Crippen LogP contribution in [0.3, 0.4) is 0 Å². The highest BCUT2D eigenvalue weighted by Gasteiger charge is 2.52. The Bertz CT molecular complexity index is 1610. The van der Waals surface area contributed by atoms with E-state index in [1.165, 1.54) is 37.4 Å². The average molecular weight is 640 g/mol. The molecule has 0 unspecified atom stereocenters. The second kappa shape index (κ2) is 11.8. The number of halogens is 4. The molecule has 2 aromatic rings. The average Bonchev–Trinajstić information content (AvgIpc) is 3.58. The highest BCUT2D eigenvalue weighted by atomic mass is 32.2. The van der Waals surface area contributed by atoms with Gasteiger partial charge in [-0.3, -0.25) is 9.59 Å². The SMILES string of the molecule is COc1cc(F)c(-c2ccc(C(=O)O)cc2)cc1C(=O)N[C@@H]1[C@H](C(=O)N[C@H]2CCCN(S(=O)(=O)C(F)(F)F)C2)[C@H]2C=C[C@@H]1C2. The number of nitrogens with zero attached hydrogens (tertiary/aromatic N) is 1. The molecule has 5 atom stereocenters. The summed E-state index contributed by atoms with van der Waals surface area (Å²) in [5.41, 5.74) is -5.15. The summed E-state index contributed by atoms with van der Waals surface area (Å²) in [6.07, 6.45) is 4.67. The predicted molar refractivity (Wildman–Crippen MR) is 149 cm³/mol. The standard InChI is InChI=1S/C29H29F4N3O7S/c1-43-23-13-22(30)20(15-4-6-16(7-5-15)28(39)40)12-21(23)26(37)35-25-18-9-8-17(11-18)24(25)27(38)34-19-3-2-10-36(14-19)44(41,42)29(31,32)33/h4-9,12-13,17-19,24-25H,2-3,10-11,14H2,1H3,(H,34,38)(H,35,37)(H,39,40)/t17-,18+,19-,24+,25-/m0/s1. The molecule has 5 rings (SSSR count). The summed E-state index contributed by atoms with van der Waals surface area (Å²) < 4.78 is 83.7. The third-order valence-corrected chi connectivity index (χ3v) is 10.00. The van der Waals surface area contributed by atoms with Crippen LogP contribution in [0.1, 0.15) is 40.0 Å².